The van der Waals surface area contributed by atoms with Crippen LogP contribution >= 0.6 is 11.6 Å². The Labute approximate surface area is 195 Å². The van der Waals surface area contributed by atoms with E-state index in [1.165, 1.54) is 12.1 Å². The van der Waals surface area contributed by atoms with E-state index < -0.39 is 23.4 Å². The molecule has 2 aromatic rings. The highest BCUT2D eigenvalue weighted by Crippen LogP contribution is 2.30. The molecule has 2 heterocycles. The van der Waals surface area contributed by atoms with E-state index in [-0.39, 0.29) is 23.0 Å². The fourth-order valence-electron chi connectivity index (χ4n) is 4.01. The predicted octanol–water partition coefficient (Wildman–Crippen LogP) is 3.00. The van der Waals surface area contributed by atoms with Crippen molar-refractivity contribution in [1.29, 1.82) is 0 Å². The number of nitrogens with zero attached hydrogens (tertiary/aromatic N) is 1. The van der Waals surface area contributed by atoms with Crippen molar-refractivity contribution in [2.24, 2.45) is 0 Å². The Hall–Kier alpha value is -3.20. The fourth-order valence-corrected chi connectivity index (χ4v) is 4.19. The summed E-state index contributed by atoms with van der Waals surface area (Å²) >= 11 is 5.79. The summed E-state index contributed by atoms with van der Waals surface area (Å²) in [6, 6.07) is 3.86. The Balaban J connectivity index is 1.73. The van der Waals surface area contributed by atoms with Crippen LogP contribution in [0.15, 0.2) is 18.2 Å². The zero-order valence-corrected chi connectivity index (χ0v) is 19.3. The summed E-state index contributed by atoms with van der Waals surface area (Å²) < 4.78 is 15.2. The largest absolute Gasteiger partial charge is 0.359 e. The van der Waals surface area contributed by atoms with E-state index in [0.717, 1.165) is 12.5 Å². The monoisotopic (exact) mass is 476 g/mol. The van der Waals surface area contributed by atoms with E-state index >= 15 is 0 Å². The Morgan fingerprint density at radius 3 is 2.64 bits per heavy atom. The average Bonchev–Trinajstić information content (AvgIpc) is 3.34. The van der Waals surface area contributed by atoms with Gasteiger partial charge in [-0.2, -0.15) is 0 Å². The highest BCUT2D eigenvalue weighted by Gasteiger charge is 2.33. The molecular formula is C23H26ClFN4O4. The number of carbonyl (C=O) groups is 4. The van der Waals surface area contributed by atoms with Gasteiger partial charge in [-0.05, 0) is 56.4 Å². The second-order valence-corrected chi connectivity index (χ2v) is 8.26. The van der Waals surface area contributed by atoms with Crippen LogP contribution in [0.2, 0.25) is 5.02 Å². The minimum atomic E-state index is -0.740. The number of nitrogens with one attached hydrogen (secondary N) is 3. The number of hydrogen-bond acceptors (Lipinski definition) is 4. The third-order valence-electron chi connectivity index (χ3n) is 5.63. The second-order valence-electron chi connectivity index (χ2n) is 7.85. The van der Waals surface area contributed by atoms with Gasteiger partial charge in [0.05, 0.1) is 10.6 Å². The summed E-state index contributed by atoms with van der Waals surface area (Å²) in [6.45, 7) is 2.47. The summed E-state index contributed by atoms with van der Waals surface area (Å²) in [5.41, 5.74) is 1.95. The van der Waals surface area contributed by atoms with Crippen LogP contribution in [0.25, 0.3) is 0 Å². The maximum Gasteiger partial charge on any atom is 0.292 e. The van der Waals surface area contributed by atoms with Gasteiger partial charge in [-0.15, -0.1) is 0 Å². The highest BCUT2D eigenvalue weighted by molar-refractivity contribution is 6.43. The van der Waals surface area contributed by atoms with Crippen molar-refractivity contribution < 1.29 is 23.6 Å². The van der Waals surface area contributed by atoms with Crippen molar-refractivity contribution in [1.82, 2.24) is 15.2 Å². The molecule has 0 bridgehead atoms. The number of hydrogen-bond donors (Lipinski definition) is 3. The number of aromatic nitrogens is 1. The lowest BCUT2D eigenvalue weighted by atomic mass is 10.0. The van der Waals surface area contributed by atoms with Gasteiger partial charge in [-0.25, -0.2) is 4.39 Å². The number of rotatable bonds is 9. The molecule has 8 nitrogen and oxygen atoms in total. The summed E-state index contributed by atoms with van der Waals surface area (Å²) in [5, 5.41) is 7.70. The normalized spacial score (nSPS) is 12.2. The van der Waals surface area contributed by atoms with Gasteiger partial charge < -0.3 is 20.5 Å². The molecule has 0 radical (unpaired) electrons. The average molecular weight is 477 g/mol. The van der Waals surface area contributed by atoms with Crippen LogP contribution in [0.5, 0.6) is 0 Å². The van der Waals surface area contributed by atoms with Gasteiger partial charge in [-0.3, -0.25) is 19.2 Å². The number of carbonyl (C=O) groups excluding carboxylic acids is 4. The number of ketones is 1. The lowest BCUT2D eigenvalue weighted by Crippen LogP contribution is -2.32. The first-order valence-electron chi connectivity index (χ1n) is 10.8. The molecule has 0 fully saturated rings. The molecule has 0 unspecified atom stereocenters. The quantitative estimate of drug-likeness (QED) is 0.293. The maximum atomic E-state index is 13.4. The molecule has 33 heavy (non-hydrogen) atoms. The lowest BCUT2D eigenvalue weighted by molar-refractivity contribution is -0.120. The van der Waals surface area contributed by atoms with Crippen molar-refractivity contribution >= 4 is 40.8 Å². The van der Waals surface area contributed by atoms with Crippen molar-refractivity contribution in [2.45, 2.75) is 45.6 Å². The van der Waals surface area contributed by atoms with Crippen LogP contribution in [-0.4, -0.2) is 41.7 Å². The molecule has 1 aromatic carbocycles. The second kappa shape index (κ2) is 10.6. The van der Waals surface area contributed by atoms with Crippen molar-refractivity contribution in [3.8, 4) is 0 Å². The number of Topliss-reactive ketones (excluding diaryl/α,β-unsaturated/α-hetero) is 1. The summed E-state index contributed by atoms with van der Waals surface area (Å²) in [6.07, 6.45) is 2.83. The molecule has 176 valence electrons. The van der Waals surface area contributed by atoms with E-state index in [1.54, 1.807) is 18.5 Å². The molecule has 0 atom stereocenters. The maximum absolute atomic E-state index is 13.4. The molecular weight excluding hydrogens is 451 g/mol. The number of unbranched alkanes of at least 4 members (excludes halogenated alkanes) is 1. The van der Waals surface area contributed by atoms with Gasteiger partial charge in [0.15, 0.2) is 0 Å². The van der Waals surface area contributed by atoms with E-state index in [1.807, 2.05) is 0 Å². The van der Waals surface area contributed by atoms with E-state index in [9.17, 15) is 23.6 Å². The van der Waals surface area contributed by atoms with Crippen LogP contribution in [0, 0.1) is 12.7 Å². The van der Waals surface area contributed by atoms with E-state index in [0.29, 0.717) is 54.9 Å². The van der Waals surface area contributed by atoms with Crippen molar-refractivity contribution in [3.63, 3.8) is 0 Å². The molecule has 1 aliphatic heterocycles. The van der Waals surface area contributed by atoms with Crippen LogP contribution in [0.4, 0.5) is 10.1 Å². The summed E-state index contributed by atoms with van der Waals surface area (Å²) in [5.74, 6) is -2.57. The van der Waals surface area contributed by atoms with Crippen LogP contribution in [-0.2, 0) is 22.6 Å². The van der Waals surface area contributed by atoms with Gasteiger partial charge in [0, 0.05) is 37.9 Å². The Kier molecular flexibility index (Phi) is 7.86. The molecule has 1 aromatic heterocycles. The molecule has 3 rings (SSSR count). The van der Waals surface area contributed by atoms with Crippen LogP contribution in [0.3, 0.4) is 0 Å². The van der Waals surface area contributed by atoms with E-state index in [4.69, 9.17) is 11.6 Å². The third kappa shape index (κ3) is 5.42. The summed E-state index contributed by atoms with van der Waals surface area (Å²) in [4.78, 5) is 49.7. The van der Waals surface area contributed by atoms with Gasteiger partial charge >= 0.3 is 0 Å². The highest BCUT2D eigenvalue weighted by atomic mass is 35.5. The smallest absolute Gasteiger partial charge is 0.292 e. The van der Waals surface area contributed by atoms with Gasteiger partial charge in [0.1, 0.15) is 11.5 Å². The number of anilines is 1. The first-order chi connectivity index (χ1) is 15.7. The zero-order chi connectivity index (χ0) is 24.1. The van der Waals surface area contributed by atoms with Crippen molar-refractivity contribution in [3.05, 3.63) is 51.6 Å². The van der Waals surface area contributed by atoms with Gasteiger partial charge in [0.25, 0.3) is 17.6 Å². The standard InChI is InChI=1S/C23H26ClFN4O4/c1-13-19(21(31)23(33)27-10-4-3-7-18(30)26-2)17-6-5-11-29(17)20(13)22(32)28-14-8-9-16(25)15(24)12-14/h8-9,12H,3-7,10-11H2,1-2H3,(H,26,30)(H,27,33)(H,28,32). The summed E-state index contributed by atoms with van der Waals surface area (Å²) in [7, 11) is 1.56. The Morgan fingerprint density at radius 2 is 1.94 bits per heavy atom. The molecule has 0 saturated carbocycles. The topological polar surface area (TPSA) is 109 Å². The molecule has 3 N–H and O–H groups in total. The number of amides is 3. The molecule has 3 amide bonds. The minimum Gasteiger partial charge on any atom is -0.359 e. The SMILES string of the molecule is CNC(=O)CCCCNC(=O)C(=O)c1c(C)c(C(=O)Nc2ccc(F)c(Cl)c2)n2c1CCC2. The molecule has 10 heteroatoms. The first-order valence-corrected chi connectivity index (χ1v) is 11.1. The lowest BCUT2D eigenvalue weighted by Gasteiger charge is -2.09. The molecule has 0 saturated heterocycles. The third-order valence-corrected chi connectivity index (χ3v) is 5.92. The number of fused-ring (bicyclic) bond motifs is 1. The van der Waals surface area contributed by atoms with Crippen LogP contribution in [0.1, 0.15) is 57.8 Å². The molecule has 0 aliphatic carbocycles. The minimum absolute atomic E-state index is 0.0777. The Bertz CT molecular complexity index is 1110. The Morgan fingerprint density at radius 1 is 1.18 bits per heavy atom. The van der Waals surface area contributed by atoms with Crippen LogP contribution < -0.4 is 16.0 Å². The zero-order valence-electron chi connectivity index (χ0n) is 18.5. The van der Waals surface area contributed by atoms with Crippen molar-refractivity contribution in [2.75, 3.05) is 18.9 Å². The number of halogens is 2. The van der Waals surface area contributed by atoms with Gasteiger partial charge in [-0.1, -0.05) is 11.6 Å². The number of benzene rings is 1. The molecule has 0 spiro atoms. The molecule has 1 aliphatic rings. The first kappa shape index (κ1) is 24.4. The van der Waals surface area contributed by atoms with E-state index in [2.05, 4.69) is 16.0 Å². The fraction of sp³-hybridized carbons (Fsp3) is 0.391. The predicted molar refractivity (Wildman–Crippen MR) is 122 cm³/mol. The van der Waals surface area contributed by atoms with Gasteiger partial charge in [0.2, 0.25) is 5.91 Å².